The van der Waals surface area contributed by atoms with Gasteiger partial charge in [-0.1, -0.05) is 145 Å². The second kappa shape index (κ2) is 14.5. The van der Waals surface area contributed by atoms with E-state index in [-0.39, 0.29) is 16.5 Å². The first-order chi connectivity index (χ1) is 26.0. The van der Waals surface area contributed by atoms with E-state index >= 15 is 0 Å². The molecule has 4 nitrogen and oxygen atoms in total. The third-order valence-electron chi connectivity index (χ3n) is 9.82. The Morgan fingerprint density at radius 1 is 0.444 bits per heavy atom. The van der Waals surface area contributed by atoms with Crippen molar-refractivity contribution in [2.45, 2.75) is 13.8 Å². The van der Waals surface area contributed by atoms with Crippen LogP contribution >= 0.6 is 0 Å². The topological polar surface area (TPSA) is 54.0 Å². The Balaban J connectivity index is 0.00000413. The van der Waals surface area contributed by atoms with Crippen LogP contribution in [-0.4, -0.2) is 9.97 Å². The van der Waals surface area contributed by atoms with Crippen LogP contribution in [0.15, 0.2) is 140 Å². The Morgan fingerprint density at radius 2 is 0.778 bits per heavy atom. The van der Waals surface area contributed by atoms with Gasteiger partial charge in [0.2, 0.25) is 0 Å². The molecule has 0 radical (unpaired) electrons. The van der Waals surface area contributed by atoms with Gasteiger partial charge >= 0.3 is 16.5 Å². The predicted octanol–water partition coefficient (Wildman–Crippen LogP) is 12.0. The largest absolute Gasteiger partial charge is 2.00 e. The smallest absolute Gasteiger partial charge is 0.657 e. The molecule has 0 atom stereocenters. The first kappa shape index (κ1) is 34.6. The van der Waals surface area contributed by atoms with E-state index in [2.05, 4.69) is 172 Å². The summed E-state index contributed by atoms with van der Waals surface area (Å²) in [5.74, 6) is 0. The van der Waals surface area contributed by atoms with Gasteiger partial charge in [0, 0.05) is 0 Å². The molecule has 0 amide bonds. The fourth-order valence-corrected chi connectivity index (χ4v) is 7.18. The van der Waals surface area contributed by atoms with E-state index in [0.29, 0.717) is 0 Å². The Kier molecular flexibility index (Phi) is 9.28. The van der Waals surface area contributed by atoms with Crippen LogP contribution in [0.2, 0.25) is 0 Å². The van der Waals surface area contributed by atoms with Crippen molar-refractivity contribution in [3.05, 3.63) is 179 Å². The molecule has 0 unspecified atom stereocenters. The fraction of sp³-hybridized carbons (Fsp3) is 0.0408. The van der Waals surface area contributed by atoms with Crippen molar-refractivity contribution in [2.75, 3.05) is 0 Å². The van der Waals surface area contributed by atoms with Crippen molar-refractivity contribution in [2.24, 2.45) is 0 Å². The van der Waals surface area contributed by atoms with Crippen LogP contribution in [0.1, 0.15) is 39.5 Å². The Hall–Kier alpha value is -6.51. The molecule has 0 aliphatic carbocycles. The molecule has 0 N–H and O–H groups in total. The normalized spacial score (nSPS) is 11.6. The van der Waals surface area contributed by atoms with Gasteiger partial charge < -0.3 is 9.97 Å². The quantitative estimate of drug-likeness (QED) is 0.130. The molecule has 54 heavy (non-hydrogen) atoms. The number of fused-ring (bicyclic) bond motifs is 8. The number of benzene rings is 4. The van der Waals surface area contributed by atoms with Gasteiger partial charge in [-0.3, -0.25) is 0 Å². The molecule has 3 aromatic heterocycles. The van der Waals surface area contributed by atoms with Crippen LogP contribution < -0.4 is 9.97 Å². The van der Waals surface area contributed by atoms with Gasteiger partial charge in [0.15, 0.2) is 0 Å². The maximum atomic E-state index is 5.37. The number of aromatic nitrogens is 4. The van der Waals surface area contributed by atoms with Crippen LogP contribution in [-0.2, 0) is 16.5 Å². The predicted molar refractivity (Wildman–Crippen MR) is 222 cm³/mol. The summed E-state index contributed by atoms with van der Waals surface area (Å²) in [5, 5.41) is 0. The standard InChI is InChI=1S/C49H34N4.Ni/c1-4-8-33-15-21-37(22-16-33)49-44-29-27-42(52-44)47(35-17-11-31(2)12-18-35)40-25-23-38(50-40)46(34-9-6-5-7-10-34)39-24-26-41(51-39)48(43-28-30-45(49)53-43)36-19-13-32(3)14-20-36;/h5-30H,1H2,2-3H3;/q-2;+2. The van der Waals surface area contributed by atoms with Crippen molar-refractivity contribution in [3.8, 4) is 44.5 Å². The summed E-state index contributed by atoms with van der Waals surface area (Å²) < 4.78 is 0. The van der Waals surface area contributed by atoms with E-state index in [1.807, 2.05) is 12.1 Å². The first-order valence-electron chi connectivity index (χ1n) is 17.7. The zero-order valence-corrected chi connectivity index (χ0v) is 30.8. The molecule has 2 aliphatic rings. The zero-order valence-electron chi connectivity index (χ0n) is 29.8. The Labute approximate surface area is 325 Å². The van der Waals surface area contributed by atoms with Gasteiger partial charge in [-0.2, -0.15) is 0 Å². The van der Waals surface area contributed by atoms with Crippen molar-refractivity contribution >= 4 is 52.4 Å². The average Bonchev–Trinajstić information content (AvgIpc) is 4.02. The zero-order chi connectivity index (χ0) is 35.9. The minimum absolute atomic E-state index is 0. The molecule has 8 bridgehead atoms. The van der Waals surface area contributed by atoms with E-state index in [1.54, 1.807) is 0 Å². The maximum absolute atomic E-state index is 5.37. The van der Waals surface area contributed by atoms with E-state index in [0.717, 1.165) is 94.9 Å². The van der Waals surface area contributed by atoms with E-state index in [4.69, 9.17) is 19.9 Å². The van der Waals surface area contributed by atoms with Crippen LogP contribution in [0.5, 0.6) is 0 Å². The van der Waals surface area contributed by atoms with Crippen LogP contribution in [0.3, 0.4) is 0 Å². The second-order valence-corrected chi connectivity index (χ2v) is 13.4. The average molecular weight is 738 g/mol. The molecule has 7 aromatic rings. The van der Waals surface area contributed by atoms with E-state index in [9.17, 15) is 0 Å². The molecule has 0 spiro atoms. The van der Waals surface area contributed by atoms with Crippen LogP contribution in [0, 0.1) is 13.8 Å². The van der Waals surface area contributed by atoms with Crippen molar-refractivity contribution in [3.63, 3.8) is 0 Å². The minimum Gasteiger partial charge on any atom is -0.657 e. The molecule has 0 fully saturated rings. The van der Waals surface area contributed by atoms with Gasteiger partial charge in [-0.25, -0.2) is 9.97 Å². The SMILES string of the molecule is C=C=Cc1ccc(-c2c3nc(c(-c4ccc(C)cc4)c4ccc([n-]4)c(-c4ccccc4)c4nc(c(-c5ccc(C)cc5)c5ccc2[n-]5)C=C4)C=C3)cc1.[Ni+2]. The minimum atomic E-state index is 0. The number of rotatable bonds is 5. The summed E-state index contributed by atoms with van der Waals surface area (Å²) in [6.07, 6.45) is 10.3. The monoisotopic (exact) mass is 736 g/mol. The molecule has 5 heteroatoms. The van der Waals surface area contributed by atoms with Crippen LogP contribution in [0.25, 0.3) is 97.0 Å². The molecule has 4 aromatic carbocycles. The molecule has 260 valence electrons. The van der Waals surface area contributed by atoms with Crippen LogP contribution in [0.4, 0.5) is 0 Å². The van der Waals surface area contributed by atoms with Gasteiger partial charge in [-0.05, 0) is 94.3 Å². The Bertz CT molecular complexity index is 2770. The van der Waals surface area contributed by atoms with Gasteiger partial charge in [0.1, 0.15) is 0 Å². The third kappa shape index (κ3) is 6.41. The van der Waals surface area contributed by atoms with Crippen molar-refractivity contribution in [1.29, 1.82) is 0 Å². The second-order valence-electron chi connectivity index (χ2n) is 13.4. The molecule has 5 heterocycles. The number of aryl methyl sites for hydroxylation is 2. The van der Waals surface area contributed by atoms with Crippen molar-refractivity contribution < 1.29 is 16.5 Å². The molecule has 0 saturated heterocycles. The third-order valence-corrected chi connectivity index (χ3v) is 9.82. The van der Waals surface area contributed by atoms with E-state index in [1.165, 1.54) is 11.1 Å². The van der Waals surface area contributed by atoms with Gasteiger partial charge in [-0.15, -0.1) is 27.8 Å². The molecular formula is C49H34N4Ni. The summed E-state index contributed by atoms with van der Waals surface area (Å²) in [4.78, 5) is 21.4. The number of hydrogen-bond donors (Lipinski definition) is 0. The molecule has 9 rings (SSSR count). The van der Waals surface area contributed by atoms with Gasteiger partial charge in [0.25, 0.3) is 0 Å². The summed E-state index contributed by atoms with van der Waals surface area (Å²) in [7, 11) is 0. The van der Waals surface area contributed by atoms with E-state index < -0.39 is 0 Å². The Morgan fingerprint density at radius 3 is 1.13 bits per heavy atom. The van der Waals surface area contributed by atoms with Crippen molar-refractivity contribution in [1.82, 2.24) is 19.9 Å². The molecule has 0 saturated carbocycles. The molecule has 2 aliphatic heterocycles. The fourth-order valence-electron chi connectivity index (χ4n) is 7.18. The molecular weight excluding hydrogens is 703 g/mol. The summed E-state index contributed by atoms with van der Waals surface area (Å²) in [5.41, 5.74) is 21.1. The first-order valence-corrected chi connectivity index (χ1v) is 17.7. The summed E-state index contributed by atoms with van der Waals surface area (Å²) >= 11 is 0. The summed E-state index contributed by atoms with van der Waals surface area (Å²) in [6.45, 7) is 7.96. The number of nitrogens with zero attached hydrogens (tertiary/aromatic N) is 4. The number of hydrogen-bond acceptors (Lipinski definition) is 2. The summed E-state index contributed by atoms with van der Waals surface area (Å²) in [6, 6.07) is 44.4. The van der Waals surface area contributed by atoms with Gasteiger partial charge in [0.05, 0.1) is 22.8 Å². The maximum Gasteiger partial charge on any atom is 2.00 e.